The second-order valence-corrected chi connectivity index (χ2v) is 8.96. The summed E-state index contributed by atoms with van der Waals surface area (Å²) in [6, 6.07) is 17.2. The van der Waals surface area contributed by atoms with Crippen molar-refractivity contribution in [2.75, 3.05) is 5.32 Å². The number of rotatable bonds is 5. The van der Waals surface area contributed by atoms with Crippen molar-refractivity contribution in [2.24, 2.45) is 0 Å². The van der Waals surface area contributed by atoms with Crippen LogP contribution in [-0.2, 0) is 0 Å². The summed E-state index contributed by atoms with van der Waals surface area (Å²) < 4.78 is 5.19. The summed E-state index contributed by atoms with van der Waals surface area (Å²) in [7, 11) is 0. The van der Waals surface area contributed by atoms with Crippen molar-refractivity contribution < 1.29 is 14.0 Å². The standard InChI is InChI=1S/C25H13Cl4N3O3/c26-19-17(18(20(27)22(29)21(19)28)25(34)32-16-7-4-10-35-16)24-30-14-9-8-13(11-15(14)31-24)23(33)12-5-2-1-3-6-12/h1-11H,(H,30,31)(H,32,34). The van der Waals surface area contributed by atoms with E-state index in [4.69, 9.17) is 50.8 Å². The molecule has 1 amide bonds. The number of anilines is 1. The zero-order valence-corrected chi connectivity index (χ0v) is 20.6. The lowest BCUT2D eigenvalue weighted by molar-refractivity contribution is 0.102. The van der Waals surface area contributed by atoms with Crippen LogP contribution in [0.2, 0.25) is 20.1 Å². The number of ketones is 1. The molecule has 5 rings (SSSR count). The van der Waals surface area contributed by atoms with Gasteiger partial charge in [0.1, 0.15) is 5.82 Å². The first-order valence-corrected chi connectivity index (χ1v) is 11.7. The van der Waals surface area contributed by atoms with Crippen molar-refractivity contribution in [2.45, 2.75) is 0 Å². The minimum absolute atomic E-state index is 0.00898. The molecule has 0 spiro atoms. The topological polar surface area (TPSA) is 88.0 Å². The molecule has 10 heteroatoms. The molecule has 35 heavy (non-hydrogen) atoms. The molecule has 6 nitrogen and oxygen atoms in total. The molecule has 2 heterocycles. The second-order valence-electron chi connectivity index (χ2n) is 7.45. The maximum absolute atomic E-state index is 13.2. The Hall–Kier alpha value is -3.29. The fraction of sp³-hybridized carbons (Fsp3) is 0. The molecule has 0 fully saturated rings. The van der Waals surface area contributed by atoms with E-state index in [0.717, 1.165) is 0 Å². The minimum atomic E-state index is -0.624. The number of aromatic nitrogens is 2. The van der Waals surface area contributed by atoms with Gasteiger partial charge in [-0.2, -0.15) is 0 Å². The third-order valence-corrected chi connectivity index (χ3v) is 7.07. The first kappa shape index (κ1) is 23.5. The molecule has 174 valence electrons. The number of furan rings is 1. The molecule has 2 N–H and O–H groups in total. The molecule has 3 aromatic carbocycles. The molecule has 0 atom stereocenters. The summed E-state index contributed by atoms with van der Waals surface area (Å²) in [5.74, 6) is -0.342. The minimum Gasteiger partial charge on any atom is -0.449 e. The van der Waals surface area contributed by atoms with Gasteiger partial charge in [-0.05, 0) is 24.3 Å². The number of hydrogen-bond acceptors (Lipinski definition) is 4. The average molecular weight is 545 g/mol. The highest BCUT2D eigenvalue weighted by molar-refractivity contribution is 6.54. The second kappa shape index (κ2) is 9.40. The number of H-pyrrole nitrogens is 1. The van der Waals surface area contributed by atoms with Gasteiger partial charge in [-0.15, -0.1) is 0 Å². The molecule has 0 radical (unpaired) electrons. The number of nitrogens with one attached hydrogen (secondary N) is 2. The molecule has 0 saturated heterocycles. The van der Waals surface area contributed by atoms with Crippen molar-refractivity contribution in [3.05, 3.63) is 104 Å². The lowest BCUT2D eigenvalue weighted by Crippen LogP contribution is -2.14. The fourth-order valence-corrected chi connectivity index (χ4v) is 4.64. The van der Waals surface area contributed by atoms with Crippen LogP contribution in [0.1, 0.15) is 26.3 Å². The lowest BCUT2D eigenvalue weighted by Gasteiger charge is -2.14. The van der Waals surface area contributed by atoms with Crippen LogP contribution in [0.25, 0.3) is 22.4 Å². The number of nitrogens with zero attached hydrogens (tertiary/aromatic N) is 1. The largest absolute Gasteiger partial charge is 0.449 e. The molecule has 5 aromatic rings. The van der Waals surface area contributed by atoms with Crippen LogP contribution in [0.15, 0.2) is 71.3 Å². The zero-order valence-electron chi connectivity index (χ0n) is 17.5. The Kier molecular flexibility index (Phi) is 6.30. The molecule has 0 unspecified atom stereocenters. The molecule has 0 aliphatic rings. The van der Waals surface area contributed by atoms with E-state index < -0.39 is 5.91 Å². The van der Waals surface area contributed by atoms with Crippen molar-refractivity contribution in [1.82, 2.24) is 9.97 Å². The fourth-order valence-electron chi connectivity index (χ4n) is 3.62. The van der Waals surface area contributed by atoms with Gasteiger partial charge in [-0.3, -0.25) is 14.9 Å². The van der Waals surface area contributed by atoms with E-state index in [0.29, 0.717) is 22.2 Å². The average Bonchev–Trinajstić information content (AvgIpc) is 3.53. The van der Waals surface area contributed by atoms with Gasteiger partial charge in [0.05, 0.1) is 48.5 Å². The van der Waals surface area contributed by atoms with Crippen LogP contribution in [0.3, 0.4) is 0 Å². The van der Waals surface area contributed by atoms with E-state index in [2.05, 4.69) is 15.3 Å². The van der Waals surface area contributed by atoms with Crippen molar-refractivity contribution in [3.8, 4) is 11.4 Å². The van der Waals surface area contributed by atoms with Crippen molar-refractivity contribution >= 4 is 75.0 Å². The van der Waals surface area contributed by atoms with Gasteiger partial charge in [0.25, 0.3) is 5.91 Å². The monoisotopic (exact) mass is 543 g/mol. The highest BCUT2D eigenvalue weighted by Crippen LogP contribution is 2.45. The number of halogens is 4. The molecule has 0 bridgehead atoms. The van der Waals surface area contributed by atoms with E-state index in [1.54, 1.807) is 54.6 Å². The van der Waals surface area contributed by atoms with E-state index in [1.165, 1.54) is 6.26 Å². The maximum Gasteiger partial charge on any atom is 0.260 e. The van der Waals surface area contributed by atoms with Crippen molar-refractivity contribution in [3.63, 3.8) is 0 Å². The summed E-state index contributed by atoms with van der Waals surface area (Å²) in [5, 5.41) is 2.40. The predicted molar refractivity (Wildman–Crippen MR) is 138 cm³/mol. The quantitative estimate of drug-likeness (QED) is 0.134. The van der Waals surface area contributed by atoms with Crippen molar-refractivity contribution in [1.29, 1.82) is 0 Å². The zero-order chi connectivity index (χ0) is 24.7. The molecule has 0 saturated carbocycles. The van der Waals surface area contributed by atoms with Crippen LogP contribution in [0.4, 0.5) is 5.88 Å². The first-order chi connectivity index (χ1) is 16.8. The van der Waals surface area contributed by atoms with E-state index >= 15 is 0 Å². The van der Waals surface area contributed by atoms with Crippen LogP contribution >= 0.6 is 46.4 Å². The maximum atomic E-state index is 13.2. The third kappa shape index (κ3) is 4.30. The Bertz CT molecular complexity index is 1600. The van der Waals surface area contributed by atoms with Gasteiger partial charge in [-0.25, -0.2) is 4.98 Å². The van der Waals surface area contributed by atoms with Crippen LogP contribution in [0, 0.1) is 0 Å². The molecular weight excluding hydrogens is 532 g/mol. The van der Waals surface area contributed by atoms with Gasteiger partial charge in [-0.1, -0.05) is 76.7 Å². The smallest absolute Gasteiger partial charge is 0.260 e. The Morgan fingerprint density at radius 2 is 1.57 bits per heavy atom. The van der Waals surface area contributed by atoms with Gasteiger partial charge < -0.3 is 9.40 Å². The van der Waals surface area contributed by atoms with E-state index in [1.807, 2.05) is 6.07 Å². The number of carbonyl (C=O) groups excluding carboxylic acids is 2. The van der Waals surface area contributed by atoms with Gasteiger partial charge in [0.15, 0.2) is 11.7 Å². The Morgan fingerprint density at radius 3 is 2.29 bits per heavy atom. The summed E-state index contributed by atoms with van der Waals surface area (Å²) in [5.41, 5.74) is 2.23. The number of imidazole rings is 1. The number of benzene rings is 3. The summed E-state index contributed by atoms with van der Waals surface area (Å²) in [6.45, 7) is 0. The SMILES string of the molecule is O=C(c1ccccc1)c1ccc2nc(-c3c(Cl)c(Cl)c(Cl)c(Cl)c3C(=O)Nc3ccco3)[nH]c2c1. The number of hydrogen-bond donors (Lipinski definition) is 2. The molecule has 0 aliphatic carbocycles. The van der Waals surface area contributed by atoms with Gasteiger partial charge in [0.2, 0.25) is 0 Å². The number of aromatic amines is 1. The van der Waals surface area contributed by atoms with Crippen LogP contribution in [-0.4, -0.2) is 21.7 Å². The molecule has 2 aromatic heterocycles. The lowest BCUT2D eigenvalue weighted by atomic mass is 10.0. The number of fused-ring (bicyclic) bond motifs is 1. The normalized spacial score (nSPS) is 11.1. The number of carbonyl (C=O) groups is 2. The Labute approximate surface area is 218 Å². The predicted octanol–water partition coefficient (Wildman–Crippen LogP) is 7.92. The van der Waals surface area contributed by atoms with Crippen LogP contribution < -0.4 is 5.32 Å². The highest BCUT2D eigenvalue weighted by Gasteiger charge is 2.28. The first-order valence-electron chi connectivity index (χ1n) is 10.2. The summed E-state index contributed by atoms with van der Waals surface area (Å²) in [6.07, 6.45) is 1.41. The molecule has 0 aliphatic heterocycles. The number of amides is 1. The van der Waals surface area contributed by atoms with Crippen LogP contribution in [0.5, 0.6) is 0 Å². The van der Waals surface area contributed by atoms with Gasteiger partial charge in [0, 0.05) is 17.2 Å². The van der Waals surface area contributed by atoms with Gasteiger partial charge >= 0.3 is 0 Å². The third-order valence-electron chi connectivity index (χ3n) is 5.27. The summed E-state index contributed by atoms with van der Waals surface area (Å²) >= 11 is 25.5. The Morgan fingerprint density at radius 1 is 0.829 bits per heavy atom. The Balaban J connectivity index is 1.63. The highest BCUT2D eigenvalue weighted by atomic mass is 35.5. The summed E-state index contributed by atoms with van der Waals surface area (Å²) in [4.78, 5) is 33.7. The van der Waals surface area contributed by atoms with E-state index in [9.17, 15) is 9.59 Å². The van der Waals surface area contributed by atoms with E-state index in [-0.39, 0.29) is 48.7 Å². The molecular formula is C25H13Cl4N3O3.